The van der Waals surface area contributed by atoms with Crippen molar-refractivity contribution in [3.63, 3.8) is 0 Å². The van der Waals surface area contributed by atoms with Crippen molar-refractivity contribution < 1.29 is 5.11 Å². The molecule has 1 N–H and O–H groups in total. The molecular formula is C15H27NO. The summed E-state index contributed by atoms with van der Waals surface area (Å²) in [5.41, 5.74) is 0. The molecule has 5 atom stereocenters. The Morgan fingerprint density at radius 1 is 1.06 bits per heavy atom. The molecule has 3 saturated carbocycles. The third-order valence-corrected chi connectivity index (χ3v) is 5.67. The van der Waals surface area contributed by atoms with Crippen LogP contribution >= 0.6 is 0 Å². The second-order valence-corrected chi connectivity index (χ2v) is 6.79. The molecule has 3 aliphatic carbocycles. The van der Waals surface area contributed by atoms with Gasteiger partial charge in [0.05, 0.1) is 6.10 Å². The summed E-state index contributed by atoms with van der Waals surface area (Å²) in [4.78, 5) is 2.48. The fraction of sp³-hybridized carbons (Fsp3) is 1.00. The highest BCUT2D eigenvalue weighted by molar-refractivity contribution is 4.92. The van der Waals surface area contributed by atoms with Crippen molar-refractivity contribution in [2.24, 2.45) is 17.8 Å². The van der Waals surface area contributed by atoms with Crippen LogP contribution in [0.2, 0.25) is 0 Å². The number of nitrogens with zero attached hydrogens (tertiary/aromatic N) is 1. The van der Waals surface area contributed by atoms with Gasteiger partial charge < -0.3 is 10.0 Å². The van der Waals surface area contributed by atoms with Gasteiger partial charge in [0.2, 0.25) is 0 Å². The van der Waals surface area contributed by atoms with Gasteiger partial charge in [-0.05, 0) is 56.9 Å². The van der Waals surface area contributed by atoms with Gasteiger partial charge in [0.15, 0.2) is 0 Å². The van der Waals surface area contributed by atoms with E-state index in [4.69, 9.17) is 0 Å². The predicted octanol–water partition coefficient (Wildman–Crippen LogP) is 2.66. The van der Waals surface area contributed by atoms with Crippen LogP contribution in [0.1, 0.15) is 51.4 Å². The molecule has 2 heteroatoms. The molecule has 0 aromatic carbocycles. The lowest BCUT2D eigenvalue weighted by molar-refractivity contribution is 0.0217. The number of hydrogen-bond donors (Lipinski definition) is 1. The van der Waals surface area contributed by atoms with Gasteiger partial charge in [0.25, 0.3) is 0 Å². The summed E-state index contributed by atoms with van der Waals surface area (Å²) in [5, 5.41) is 10.1. The second-order valence-electron chi connectivity index (χ2n) is 6.79. The minimum absolute atomic E-state index is 0.0626. The van der Waals surface area contributed by atoms with Crippen molar-refractivity contribution >= 4 is 0 Å². The van der Waals surface area contributed by atoms with Gasteiger partial charge in [-0.25, -0.2) is 0 Å². The zero-order valence-electron chi connectivity index (χ0n) is 11.1. The van der Waals surface area contributed by atoms with Crippen LogP contribution in [0, 0.1) is 17.8 Å². The average Bonchev–Trinajstić information content (AvgIpc) is 2.91. The van der Waals surface area contributed by atoms with E-state index < -0.39 is 0 Å². The molecule has 98 valence electrons. The van der Waals surface area contributed by atoms with E-state index >= 15 is 0 Å². The van der Waals surface area contributed by atoms with Crippen molar-refractivity contribution in [1.29, 1.82) is 0 Å². The molecule has 17 heavy (non-hydrogen) atoms. The van der Waals surface area contributed by atoms with E-state index in [9.17, 15) is 5.11 Å². The maximum absolute atomic E-state index is 10.1. The predicted molar refractivity (Wildman–Crippen MR) is 69.8 cm³/mol. The van der Waals surface area contributed by atoms with Crippen molar-refractivity contribution in [1.82, 2.24) is 4.90 Å². The Kier molecular flexibility index (Phi) is 3.45. The highest BCUT2D eigenvalue weighted by atomic mass is 16.3. The maximum Gasteiger partial charge on any atom is 0.0695 e. The molecule has 0 aliphatic heterocycles. The van der Waals surface area contributed by atoms with Crippen LogP contribution in [0.3, 0.4) is 0 Å². The third kappa shape index (κ3) is 2.39. The number of rotatable bonds is 3. The van der Waals surface area contributed by atoms with E-state index in [1.807, 2.05) is 0 Å². The van der Waals surface area contributed by atoms with Gasteiger partial charge in [-0.15, -0.1) is 0 Å². The first-order valence-electron chi connectivity index (χ1n) is 7.62. The molecule has 0 amide bonds. The van der Waals surface area contributed by atoms with Crippen molar-refractivity contribution in [3.8, 4) is 0 Å². The van der Waals surface area contributed by atoms with E-state index in [-0.39, 0.29) is 6.10 Å². The minimum atomic E-state index is -0.0626. The smallest absolute Gasteiger partial charge is 0.0695 e. The van der Waals surface area contributed by atoms with Crippen LogP contribution in [-0.2, 0) is 0 Å². The van der Waals surface area contributed by atoms with Crippen LogP contribution < -0.4 is 0 Å². The summed E-state index contributed by atoms with van der Waals surface area (Å²) in [6.45, 7) is 1.24. The summed E-state index contributed by atoms with van der Waals surface area (Å²) >= 11 is 0. The normalized spacial score (nSPS) is 45.7. The lowest BCUT2D eigenvalue weighted by Gasteiger charge is -2.37. The number of fused-ring (bicyclic) bond motifs is 2. The van der Waals surface area contributed by atoms with Gasteiger partial charge in [0.1, 0.15) is 0 Å². The second kappa shape index (κ2) is 4.89. The lowest BCUT2D eigenvalue weighted by Crippen LogP contribution is -2.45. The number of likely N-dealkylation sites (N-methyl/N-ethyl adjacent to an activating group) is 1. The Balaban J connectivity index is 1.54. The van der Waals surface area contributed by atoms with E-state index in [0.717, 1.165) is 24.2 Å². The quantitative estimate of drug-likeness (QED) is 0.815. The van der Waals surface area contributed by atoms with Gasteiger partial charge in [-0.3, -0.25) is 0 Å². The third-order valence-electron chi connectivity index (χ3n) is 5.67. The summed E-state index contributed by atoms with van der Waals surface area (Å²) in [6.07, 6.45) is 10.6. The standard InChI is InChI=1S/C15H27NO/c1-16(14-4-2-3-5-15(14)17)10-13-9-11-6-7-12(13)8-11/h11-15,17H,2-10H2,1H3. The topological polar surface area (TPSA) is 23.5 Å². The first kappa shape index (κ1) is 12.0. The highest BCUT2D eigenvalue weighted by Crippen LogP contribution is 2.48. The van der Waals surface area contributed by atoms with E-state index in [2.05, 4.69) is 11.9 Å². The summed E-state index contributed by atoms with van der Waals surface area (Å²) in [6, 6.07) is 0.447. The first-order valence-corrected chi connectivity index (χ1v) is 7.62. The fourth-order valence-corrected chi connectivity index (χ4v) is 4.71. The minimum Gasteiger partial charge on any atom is -0.391 e. The summed E-state index contributed by atoms with van der Waals surface area (Å²) < 4.78 is 0. The van der Waals surface area contributed by atoms with Crippen molar-refractivity contribution in [2.75, 3.05) is 13.6 Å². The zero-order valence-corrected chi connectivity index (χ0v) is 11.1. The molecule has 3 rings (SSSR count). The van der Waals surface area contributed by atoms with Crippen molar-refractivity contribution in [3.05, 3.63) is 0 Å². The molecule has 5 unspecified atom stereocenters. The Morgan fingerprint density at radius 3 is 2.53 bits per heavy atom. The number of hydrogen-bond acceptors (Lipinski definition) is 2. The maximum atomic E-state index is 10.1. The lowest BCUT2D eigenvalue weighted by atomic mass is 9.86. The van der Waals surface area contributed by atoms with Crippen LogP contribution in [0.4, 0.5) is 0 Å². The SMILES string of the molecule is CN(CC1CC2CCC1C2)C1CCCCC1O. The molecular weight excluding hydrogens is 210 g/mol. The highest BCUT2D eigenvalue weighted by Gasteiger charge is 2.40. The van der Waals surface area contributed by atoms with Gasteiger partial charge in [0, 0.05) is 12.6 Å². The van der Waals surface area contributed by atoms with Crippen molar-refractivity contribution in [2.45, 2.75) is 63.5 Å². The van der Waals surface area contributed by atoms with Crippen LogP contribution in [-0.4, -0.2) is 35.7 Å². The first-order chi connectivity index (χ1) is 8.24. The molecule has 2 bridgehead atoms. The Bertz CT molecular complexity index is 268. The molecule has 0 spiro atoms. The Hall–Kier alpha value is -0.0800. The van der Waals surface area contributed by atoms with Crippen LogP contribution in [0.15, 0.2) is 0 Å². The average molecular weight is 237 g/mol. The molecule has 0 heterocycles. The Labute approximate surface area is 105 Å². The largest absolute Gasteiger partial charge is 0.391 e. The van der Waals surface area contributed by atoms with Gasteiger partial charge in [-0.2, -0.15) is 0 Å². The molecule has 3 aliphatic rings. The molecule has 0 saturated heterocycles. The molecule has 0 aromatic heterocycles. The van der Waals surface area contributed by atoms with E-state index in [1.54, 1.807) is 0 Å². The van der Waals surface area contributed by atoms with Gasteiger partial charge >= 0.3 is 0 Å². The van der Waals surface area contributed by atoms with Crippen LogP contribution in [0.25, 0.3) is 0 Å². The van der Waals surface area contributed by atoms with E-state index in [1.165, 1.54) is 51.5 Å². The monoisotopic (exact) mass is 237 g/mol. The van der Waals surface area contributed by atoms with E-state index in [0.29, 0.717) is 6.04 Å². The number of aliphatic hydroxyl groups is 1. The molecule has 3 fully saturated rings. The molecule has 0 aromatic rings. The fourth-order valence-electron chi connectivity index (χ4n) is 4.71. The summed E-state index contributed by atoms with van der Waals surface area (Å²) in [7, 11) is 2.24. The molecule has 2 nitrogen and oxygen atoms in total. The van der Waals surface area contributed by atoms with Crippen LogP contribution in [0.5, 0.6) is 0 Å². The Morgan fingerprint density at radius 2 is 1.88 bits per heavy atom. The van der Waals surface area contributed by atoms with Gasteiger partial charge in [-0.1, -0.05) is 19.3 Å². The summed E-state index contributed by atoms with van der Waals surface area (Å²) in [5.74, 6) is 3.01. The number of aliphatic hydroxyl groups excluding tert-OH is 1. The molecule has 0 radical (unpaired) electrons. The zero-order chi connectivity index (χ0) is 11.8.